The first-order chi connectivity index (χ1) is 9.08. The van der Waals surface area contributed by atoms with Crippen molar-refractivity contribution in [2.75, 3.05) is 0 Å². The van der Waals surface area contributed by atoms with Crippen LogP contribution in [0.4, 0.5) is 0 Å². The Kier molecular flexibility index (Phi) is 2.49. The number of hydrogen-bond donors (Lipinski definition) is 2. The molecule has 98 valence electrons. The van der Waals surface area contributed by atoms with E-state index in [1.807, 2.05) is 12.2 Å². The minimum Gasteiger partial charge on any atom is -0.481 e. The average Bonchev–Trinajstić information content (AvgIpc) is 2.98. The summed E-state index contributed by atoms with van der Waals surface area (Å²) < 4.78 is 0. The fourth-order valence-corrected chi connectivity index (χ4v) is 3.78. The highest BCUT2D eigenvalue weighted by Gasteiger charge is 2.64. The lowest BCUT2D eigenvalue weighted by Crippen LogP contribution is -2.49. The van der Waals surface area contributed by atoms with Crippen molar-refractivity contribution in [2.24, 2.45) is 17.8 Å². The quantitative estimate of drug-likeness (QED) is 0.812. The fourth-order valence-electron chi connectivity index (χ4n) is 3.78. The van der Waals surface area contributed by atoms with Gasteiger partial charge in [-0.15, -0.1) is 0 Å². The lowest BCUT2D eigenvalue weighted by Gasteiger charge is -2.36. The smallest absolute Gasteiger partial charge is 0.315 e. The second kappa shape index (κ2) is 3.95. The van der Waals surface area contributed by atoms with Crippen LogP contribution in [0.25, 0.3) is 0 Å². The molecular weight excluding hydrogens is 244 g/mol. The molecule has 0 heterocycles. The van der Waals surface area contributed by atoms with Crippen molar-refractivity contribution in [3.63, 3.8) is 0 Å². The highest BCUT2D eigenvalue weighted by atomic mass is 16.4. The Morgan fingerprint density at radius 2 is 1.79 bits per heavy atom. The van der Waals surface area contributed by atoms with Crippen LogP contribution in [0.2, 0.25) is 0 Å². The van der Waals surface area contributed by atoms with Gasteiger partial charge in [0.25, 0.3) is 0 Å². The van der Waals surface area contributed by atoms with Gasteiger partial charge in [0, 0.05) is 0 Å². The number of benzene rings is 1. The van der Waals surface area contributed by atoms with Gasteiger partial charge in [0.1, 0.15) is 5.41 Å². The molecule has 0 spiro atoms. The molecule has 4 nitrogen and oxygen atoms in total. The van der Waals surface area contributed by atoms with Crippen LogP contribution in [0.3, 0.4) is 0 Å². The maximum atomic E-state index is 11.9. The molecule has 0 radical (unpaired) electrons. The zero-order valence-corrected chi connectivity index (χ0v) is 10.2. The number of fused-ring (bicyclic) bond motifs is 2. The van der Waals surface area contributed by atoms with Crippen LogP contribution < -0.4 is 0 Å². The third-order valence-electron chi connectivity index (χ3n) is 4.49. The standard InChI is InChI=1S/C15H14O4/c16-13(17)12-9-6-7-11(8-9)15(12,14(18)19)10-4-2-1-3-5-10/h1-7,9,11-12H,8H2,(H,16,17)(H,18,19)/t9-,11+,12+,15+/m1/s1. The van der Waals surface area contributed by atoms with E-state index in [4.69, 9.17) is 0 Å². The summed E-state index contributed by atoms with van der Waals surface area (Å²) in [5.41, 5.74) is -0.737. The summed E-state index contributed by atoms with van der Waals surface area (Å²) in [6.07, 6.45) is 4.33. The van der Waals surface area contributed by atoms with Gasteiger partial charge in [-0.2, -0.15) is 0 Å². The van der Waals surface area contributed by atoms with Gasteiger partial charge in [0.2, 0.25) is 0 Å². The van der Waals surface area contributed by atoms with E-state index in [-0.39, 0.29) is 11.8 Å². The number of hydrogen-bond acceptors (Lipinski definition) is 2. The van der Waals surface area contributed by atoms with Gasteiger partial charge in [-0.3, -0.25) is 9.59 Å². The van der Waals surface area contributed by atoms with E-state index in [1.165, 1.54) is 0 Å². The van der Waals surface area contributed by atoms with Crippen LogP contribution >= 0.6 is 0 Å². The Bertz CT molecular complexity index is 563. The molecule has 2 N–H and O–H groups in total. The second-order valence-electron chi connectivity index (χ2n) is 5.25. The first kappa shape index (κ1) is 12.0. The van der Waals surface area contributed by atoms with Crippen molar-refractivity contribution in [1.82, 2.24) is 0 Å². The summed E-state index contributed by atoms with van der Waals surface area (Å²) in [7, 11) is 0. The third kappa shape index (κ3) is 1.40. The SMILES string of the molecule is O=C(O)[C@@H]1[C@@H]2C=C[C@@H](C2)[C@@]1(C(=O)O)c1ccccc1. The maximum absolute atomic E-state index is 11.9. The Morgan fingerprint density at radius 1 is 1.11 bits per heavy atom. The van der Waals surface area contributed by atoms with Crippen LogP contribution in [0.5, 0.6) is 0 Å². The molecule has 3 rings (SSSR count). The molecule has 0 saturated heterocycles. The molecule has 2 bridgehead atoms. The van der Waals surface area contributed by atoms with Crippen molar-refractivity contribution < 1.29 is 19.8 Å². The van der Waals surface area contributed by atoms with E-state index in [2.05, 4.69) is 0 Å². The molecule has 2 aliphatic carbocycles. The molecule has 1 aromatic carbocycles. The van der Waals surface area contributed by atoms with Crippen molar-refractivity contribution >= 4 is 11.9 Å². The summed E-state index contributed by atoms with van der Waals surface area (Å²) in [4.78, 5) is 23.5. The first-order valence-corrected chi connectivity index (χ1v) is 6.28. The normalized spacial score (nSPS) is 35.5. The zero-order valence-electron chi connectivity index (χ0n) is 10.2. The molecule has 1 fully saturated rings. The number of aliphatic carboxylic acids is 2. The summed E-state index contributed by atoms with van der Waals surface area (Å²) in [5.74, 6) is -3.37. The number of allylic oxidation sites excluding steroid dienone is 2. The predicted octanol–water partition coefficient (Wildman–Crippen LogP) is 1.92. The molecule has 0 amide bonds. The van der Waals surface area contributed by atoms with Crippen molar-refractivity contribution in [1.29, 1.82) is 0 Å². The number of carboxylic acid groups (broad SMARTS) is 2. The number of rotatable bonds is 3. The van der Waals surface area contributed by atoms with E-state index < -0.39 is 23.3 Å². The molecule has 1 saturated carbocycles. The van der Waals surface area contributed by atoms with Gasteiger partial charge in [-0.05, 0) is 23.8 Å². The van der Waals surface area contributed by atoms with E-state index >= 15 is 0 Å². The van der Waals surface area contributed by atoms with Crippen molar-refractivity contribution in [2.45, 2.75) is 11.8 Å². The van der Waals surface area contributed by atoms with E-state index in [0.29, 0.717) is 12.0 Å². The van der Waals surface area contributed by atoms with Crippen LogP contribution in [0, 0.1) is 17.8 Å². The molecule has 1 aromatic rings. The molecule has 4 atom stereocenters. The van der Waals surface area contributed by atoms with Gasteiger partial charge in [0.05, 0.1) is 5.92 Å². The molecule has 2 aliphatic rings. The highest BCUT2D eigenvalue weighted by Crippen LogP contribution is 2.57. The number of carbonyl (C=O) groups is 2. The molecule has 0 aliphatic heterocycles. The third-order valence-corrected chi connectivity index (χ3v) is 4.49. The molecule has 0 aromatic heterocycles. The van der Waals surface area contributed by atoms with Crippen LogP contribution in [-0.4, -0.2) is 22.2 Å². The monoisotopic (exact) mass is 258 g/mol. The van der Waals surface area contributed by atoms with E-state index in [1.54, 1.807) is 30.3 Å². The predicted molar refractivity (Wildman–Crippen MR) is 67.6 cm³/mol. The van der Waals surface area contributed by atoms with Crippen LogP contribution in [-0.2, 0) is 15.0 Å². The maximum Gasteiger partial charge on any atom is 0.315 e. The second-order valence-corrected chi connectivity index (χ2v) is 5.25. The van der Waals surface area contributed by atoms with Gasteiger partial charge >= 0.3 is 11.9 Å². The lowest BCUT2D eigenvalue weighted by atomic mass is 9.64. The Hall–Kier alpha value is -2.10. The summed E-state index contributed by atoms with van der Waals surface area (Å²) in [6, 6.07) is 8.76. The van der Waals surface area contributed by atoms with Crippen LogP contribution in [0.1, 0.15) is 12.0 Å². The minimum absolute atomic E-state index is 0.182. The largest absolute Gasteiger partial charge is 0.481 e. The molecule has 4 heteroatoms. The average molecular weight is 258 g/mol. The summed E-state index contributed by atoms with van der Waals surface area (Å²) >= 11 is 0. The van der Waals surface area contributed by atoms with Gasteiger partial charge in [0.15, 0.2) is 0 Å². The molecular formula is C15H14O4. The first-order valence-electron chi connectivity index (χ1n) is 6.28. The summed E-state index contributed by atoms with van der Waals surface area (Å²) in [6.45, 7) is 0. The zero-order chi connectivity index (χ0) is 13.6. The fraction of sp³-hybridized carbons (Fsp3) is 0.333. The van der Waals surface area contributed by atoms with Crippen LogP contribution in [0.15, 0.2) is 42.5 Å². The van der Waals surface area contributed by atoms with Crippen molar-refractivity contribution in [3.8, 4) is 0 Å². The van der Waals surface area contributed by atoms with E-state index in [0.717, 1.165) is 0 Å². The Labute approximate surface area is 110 Å². The minimum atomic E-state index is -1.33. The van der Waals surface area contributed by atoms with Crippen molar-refractivity contribution in [3.05, 3.63) is 48.0 Å². The Balaban J connectivity index is 2.23. The molecule has 0 unspecified atom stereocenters. The summed E-state index contributed by atoms with van der Waals surface area (Å²) in [5, 5.41) is 19.2. The molecule has 19 heavy (non-hydrogen) atoms. The van der Waals surface area contributed by atoms with Gasteiger partial charge < -0.3 is 10.2 Å². The van der Waals surface area contributed by atoms with Gasteiger partial charge in [-0.1, -0.05) is 42.5 Å². The lowest BCUT2D eigenvalue weighted by molar-refractivity contribution is -0.157. The van der Waals surface area contributed by atoms with E-state index in [9.17, 15) is 19.8 Å². The highest BCUT2D eigenvalue weighted by molar-refractivity contribution is 5.91. The topological polar surface area (TPSA) is 74.6 Å². The Morgan fingerprint density at radius 3 is 2.37 bits per heavy atom. The van der Waals surface area contributed by atoms with Gasteiger partial charge in [-0.25, -0.2) is 0 Å². The number of carboxylic acids is 2.